The van der Waals surface area contributed by atoms with E-state index in [0.29, 0.717) is 67.5 Å². The number of sulfone groups is 1. The summed E-state index contributed by atoms with van der Waals surface area (Å²) in [6, 6.07) is 68.3. The van der Waals surface area contributed by atoms with Gasteiger partial charge in [0.2, 0.25) is 9.84 Å². The Balaban J connectivity index is 0.891. The number of hydrogen-bond acceptors (Lipinski definition) is 10. The lowest BCUT2D eigenvalue weighted by Crippen LogP contribution is -2.36. The molecule has 0 saturated carbocycles. The number of fused-ring (bicyclic) bond motifs is 12. The van der Waals surface area contributed by atoms with E-state index in [9.17, 15) is 8.42 Å². The Morgan fingerprint density at radius 3 is 0.714 bits per heavy atom. The predicted molar refractivity (Wildman–Crippen MR) is 302 cm³/mol. The van der Waals surface area contributed by atoms with Crippen molar-refractivity contribution < 1.29 is 44.8 Å². The zero-order valence-corrected chi connectivity index (χ0v) is 44.7. The minimum Gasteiger partial charge on any atom is -0.425 e. The van der Waals surface area contributed by atoms with Gasteiger partial charge in [-0.2, -0.15) is 0 Å². The lowest BCUT2D eigenvalue weighted by atomic mass is 10.0. The molecule has 4 atom stereocenters. The van der Waals surface area contributed by atoms with Crippen molar-refractivity contribution in [1.29, 1.82) is 0 Å². The average molecular weight is 1100 g/mol. The summed E-state index contributed by atoms with van der Waals surface area (Å²) in [6.45, 7) is 0. The molecular formula is C60H40N2O10P4S. The minimum atomic E-state index is -4.49. The van der Waals surface area contributed by atoms with Gasteiger partial charge < -0.3 is 18.1 Å². The molecule has 4 unspecified atom stereocenters. The Hall–Kier alpha value is -8.13. The molecule has 10 aromatic rings. The number of anilines is 2. The maximum atomic E-state index is 16.3. The van der Waals surface area contributed by atoms with Crippen molar-refractivity contribution in [3.05, 3.63) is 243 Å². The first kappa shape index (κ1) is 47.3. The fourth-order valence-corrected chi connectivity index (χ4v) is 24.1. The van der Waals surface area contributed by atoms with Gasteiger partial charge in [0.1, 0.15) is 23.0 Å². The van der Waals surface area contributed by atoms with Gasteiger partial charge in [-0.3, -0.25) is 0 Å². The third-order valence-electron chi connectivity index (χ3n) is 14.2. The minimum absolute atomic E-state index is 0.100. The summed E-state index contributed by atoms with van der Waals surface area (Å²) in [6.07, 6.45) is 0. The van der Waals surface area contributed by atoms with E-state index in [-0.39, 0.29) is 42.4 Å². The Morgan fingerprint density at radius 2 is 0.468 bits per heavy atom. The first-order valence-electron chi connectivity index (χ1n) is 24.4. The van der Waals surface area contributed by atoms with Crippen LogP contribution in [0.4, 0.5) is 11.4 Å². The normalized spacial score (nSPS) is 20.9. The van der Waals surface area contributed by atoms with E-state index in [1.807, 2.05) is 97.1 Å². The van der Waals surface area contributed by atoms with Crippen LogP contribution in [0.15, 0.2) is 252 Å². The number of nitrogens with zero attached hydrogens (tertiary/aromatic N) is 2. The third kappa shape index (κ3) is 7.09. The monoisotopic (exact) mass is 1100 g/mol. The molecule has 4 aliphatic heterocycles. The van der Waals surface area contributed by atoms with E-state index >= 15 is 18.3 Å². The summed E-state index contributed by atoms with van der Waals surface area (Å²) in [4.78, 5) is -0.313. The predicted octanol–water partition coefficient (Wildman–Crippen LogP) is 14.4. The molecule has 0 aromatic heterocycles. The van der Waals surface area contributed by atoms with Crippen molar-refractivity contribution >= 4 is 72.5 Å². The van der Waals surface area contributed by atoms with Crippen LogP contribution in [-0.2, 0) is 28.1 Å². The van der Waals surface area contributed by atoms with Crippen LogP contribution in [0, 0.1) is 0 Å². The van der Waals surface area contributed by atoms with Gasteiger partial charge in [-0.15, -0.1) is 0 Å². The Morgan fingerprint density at radius 1 is 0.260 bits per heavy atom. The molecule has 4 aliphatic rings. The van der Waals surface area contributed by atoms with Crippen LogP contribution in [-0.4, -0.2) is 8.42 Å². The number of rotatable bonds is 8. The largest absolute Gasteiger partial charge is 0.425 e. The maximum Gasteiger partial charge on any atom is 0.383 e. The van der Waals surface area contributed by atoms with Gasteiger partial charge in [-0.25, -0.2) is 35.6 Å². The fraction of sp³-hybridized carbons (Fsp3) is 0. The molecule has 0 radical (unpaired) electrons. The summed E-state index contributed by atoms with van der Waals surface area (Å²) in [5, 5.41) is 1.12. The van der Waals surface area contributed by atoms with Gasteiger partial charge in [0.15, 0.2) is 0 Å². The van der Waals surface area contributed by atoms with E-state index in [2.05, 4.69) is 0 Å². The van der Waals surface area contributed by atoms with Crippen molar-refractivity contribution in [2.24, 2.45) is 0 Å². The highest BCUT2D eigenvalue weighted by molar-refractivity contribution is 7.91. The molecule has 17 heteroatoms. The highest BCUT2D eigenvalue weighted by Crippen LogP contribution is 2.73. The SMILES string of the molecule is O=P1(N(c2ccc(S(=O)(=O)c3ccc(N(P4(=O)Oc5ccccc5-c5ccccc54)P4(=O)Oc5ccccc5-c5ccccc54)cc3)cc2)P2(=O)Oc3ccccc3-c3ccccc32)Oc2ccccc2-c2ccccc21. The lowest BCUT2D eigenvalue weighted by Gasteiger charge is -2.42. The highest BCUT2D eigenvalue weighted by Gasteiger charge is 2.56. The van der Waals surface area contributed by atoms with Crippen LogP contribution in [0.1, 0.15) is 0 Å². The summed E-state index contributed by atoms with van der Waals surface area (Å²) in [5.41, 5.74) is 5.44. The van der Waals surface area contributed by atoms with E-state index in [0.717, 1.165) is 0 Å². The van der Waals surface area contributed by atoms with Gasteiger partial charge in [0, 0.05) is 44.5 Å². The van der Waals surface area contributed by atoms with Crippen molar-refractivity contribution in [2.45, 2.75) is 9.79 Å². The van der Waals surface area contributed by atoms with Crippen LogP contribution >= 0.6 is 30.1 Å². The Labute approximate surface area is 443 Å². The molecule has 0 aliphatic carbocycles. The standard InChI is InChI=1S/C60H40N2O10P4S/c63-73(57-29-13-5-21-49(57)45-17-1-9-25-53(45)69-73)61(74(64)58-30-14-6-22-50(58)46-18-2-10-26-54(46)70-74)41-33-37-43(38-34-41)77(67,68)44-39-35-42(36-40-44)62(75(65)59-31-15-7-23-51(59)47-19-3-11-27-55(47)71-75)76(66)60-32-16-8-24-52(60)48-20-4-12-28-56(48)72-76/h1-40H. The van der Waals surface area contributed by atoms with Crippen LogP contribution in [0.5, 0.6) is 23.0 Å². The number of benzene rings is 10. The molecule has 0 spiro atoms. The zero-order valence-electron chi connectivity index (χ0n) is 40.3. The van der Waals surface area contributed by atoms with E-state index in [1.54, 1.807) is 97.1 Å². The van der Waals surface area contributed by atoms with Gasteiger partial charge in [0.25, 0.3) is 0 Å². The molecule has 376 valence electrons. The van der Waals surface area contributed by atoms with Crippen molar-refractivity contribution in [2.75, 3.05) is 8.88 Å². The molecule has 4 heterocycles. The Bertz CT molecular complexity index is 3940. The molecule has 0 N–H and O–H groups in total. The quantitative estimate of drug-likeness (QED) is 0.133. The van der Waals surface area contributed by atoms with Gasteiger partial charge in [-0.1, -0.05) is 146 Å². The second-order valence-corrected chi connectivity index (χ2v) is 29.6. The molecule has 0 bridgehead atoms. The summed E-state index contributed by atoms with van der Waals surface area (Å²) < 4.78 is 124. The van der Waals surface area contributed by atoms with E-state index < -0.39 is 39.9 Å². The average Bonchev–Trinajstić information content (AvgIpc) is 3.66. The molecule has 0 saturated heterocycles. The zero-order chi connectivity index (χ0) is 52.3. The summed E-state index contributed by atoms with van der Waals surface area (Å²) in [7, 11) is -22.3. The molecule has 14 rings (SSSR count). The highest BCUT2D eigenvalue weighted by atomic mass is 32.2. The second-order valence-electron chi connectivity index (χ2n) is 18.6. The summed E-state index contributed by atoms with van der Waals surface area (Å²) >= 11 is 0. The molecule has 0 fully saturated rings. The number of para-hydroxylation sites is 4. The van der Waals surface area contributed by atoms with E-state index in [4.69, 9.17) is 18.1 Å². The molecule has 77 heavy (non-hydrogen) atoms. The molecule has 0 amide bonds. The Kier molecular flexibility index (Phi) is 10.7. The van der Waals surface area contributed by atoms with Crippen LogP contribution in [0.3, 0.4) is 0 Å². The first-order chi connectivity index (χ1) is 37.4. The van der Waals surface area contributed by atoms with Crippen LogP contribution in [0.25, 0.3) is 44.5 Å². The topological polar surface area (TPSA) is 146 Å². The number of hydrogen-bond donors (Lipinski definition) is 0. The molecular weight excluding hydrogens is 1060 g/mol. The van der Waals surface area contributed by atoms with Gasteiger partial charge >= 0.3 is 30.1 Å². The molecule has 12 nitrogen and oxygen atoms in total. The van der Waals surface area contributed by atoms with Crippen molar-refractivity contribution in [3.63, 3.8) is 0 Å². The fourth-order valence-electron chi connectivity index (χ4n) is 10.7. The van der Waals surface area contributed by atoms with E-state index in [1.165, 1.54) is 57.4 Å². The van der Waals surface area contributed by atoms with Gasteiger partial charge in [0.05, 0.1) is 42.4 Å². The van der Waals surface area contributed by atoms with Crippen LogP contribution in [0.2, 0.25) is 0 Å². The smallest absolute Gasteiger partial charge is 0.383 e. The maximum absolute atomic E-state index is 16.3. The van der Waals surface area contributed by atoms with Crippen molar-refractivity contribution in [1.82, 2.24) is 0 Å². The molecule has 10 aromatic carbocycles. The first-order valence-corrected chi connectivity index (χ1v) is 32.2. The van der Waals surface area contributed by atoms with Gasteiger partial charge in [-0.05, 0) is 97.1 Å². The summed E-state index contributed by atoms with van der Waals surface area (Å²) in [5.74, 6) is 1.23. The van der Waals surface area contributed by atoms with Crippen molar-refractivity contribution in [3.8, 4) is 67.5 Å². The lowest BCUT2D eigenvalue weighted by molar-refractivity contribution is 0.472. The second kappa shape index (κ2) is 17.5. The van der Waals surface area contributed by atoms with Crippen LogP contribution < -0.4 is 48.2 Å². The third-order valence-corrected chi connectivity index (χ3v) is 27.5.